The second-order valence-electron chi connectivity index (χ2n) is 8.96. The number of benzene rings is 4. The molecule has 2 aromatic heterocycles. The molecule has 6 aromatic rings. The number of aromatic nitrogens is 4. The van der Waals surface area contributed by atoms with Crippen molar-refractivity contribution in [3.63, 3.8) is 0 Å². The SMILES string of the molecule is Cc1ccccc1OCc1nc2c3c(ncn2n1)Oc1c(ccc2ccccc12)[C@H]3c1ccccc1. The summed E-state index contributed by atoms with van der Waals surface area (Å²) in [6.07, 6.45) is 1.66. The highest BCUT2D eigenvalue weighted by atomic mass is 16.5. The maximum absolute atomic E-state index is 6.48. The van der Waals surface area contributed by atoms with E-state index in [1.54, 1.807) is 10.8 Å². The van der Waals surface area contributed by atoms with Crippen molar-refractivity contribution < 1.29 is 9.47 Å². The van der Waals surface area contributed by atoms with Gasteiger partial charge in [-0.1, -0.05) is 84.9 Å². The van der Waals surface area contributed by atoms with Crippen LogP contribution in [0.4, 0.5) is 0 Å². The van der Waals surface area contributed by atoms with E-state index in [0.717, 1.165) is 50.2 Å². The molecule has 0 saturated heterocycles. The minimum absolute atomic E-state index is 0.0971. The minimum atomic E-state index is -0.0971. The van der Waals surface area contributed by atoms with Crippen LogP contribution >= 0.6 is 0 Å². The molecule has 1 aliphatic heterocycles. The normalized spacial score (nSPS) is 14.3. The molecule has 6 heteroatoms. The van der Waals surface area contributed by atoms with Crippen LogP contribution in [0.25, 0.3) is 16.4 Å². The monoisotopic (exact) mass is 470 g/mol. The second kappa shape index (κ2) is 8.20. The standard InChI is InChI=1S/C30H22N4O2/c1-19-9-5-8-14-24(19)35-17-25-32-29-27-26(21-11-3-2-4-12-21)23-16-15-20-10-6-7-13-22(20)28(23)36-30(27)31-18-34(29)33-25/h2-16,18,26H,17H2,1H3/t26-/m1/s1. The van der Waals surface area contributed by atoms with E-state index in [9.17, 15) is 0 Å². The average Bonchev–Trinajstić information content (AvgIpc) is 3.35. The van der Waals surface area contributed by atoms with Gasteiger partial charge in [-0.2, -0.15) is 0 Å². The zero-order valence-corrected chi connectivity index (χ0v) is 19.6. The summed E-state index contributed by atoms with van der Waals surface area (Å²) in [5.74, 6) is 2.71. The molecule has 0 bridgehead atoms. The molecule has 0 saturated carbocycles. The van der Waals surface area contributed by atoms with Gasteiger partial charge < -0.3 is 9.47 Å². The van der Waals surface area contributed by atoms with Crippen LogP contribution < -0.4 is 9.47 Å². The third-order valence-electron chi connectivity index (χ3n) is 6.72. The first-order chi connectivity index (χ1) is 17.8. The zero-order valence-electron chi connectivity index (χ0n) is 19.6. The molecule has 0 amide bonds. The number of aryl methyl sites for hydroxylation is 1. The highest BCUT2D eigenvalue weighted by Crippen LogP contribution is 2.50. The van der Waals surface area contributed by atoms with Gasteiger partial charge in [-0.15, -0.1) is 5.10 Å². The number of rotatable bonds is 4. The Bertz CT molecular complexity index is 1740. The molecule has 0 unspecified atom stereocenters. The minimum Gasteiger partial charge on any atom is -0.485 e. The third-order valence-corrected chi connectivity index (χ3v) is 6.72. The van der Waals surface area contributed by atoms with Crippen molar-refractivity contribution in [1.82, 2.24) is 19.6 Å². The highest BCUT2D eigenvalue weighted by molar-refractivity contribution is 5.91. The van der Waals surface area contributed by atoms with E-state index in [1.165, 1.54) is 0 Å². The summed E-state index contributed by atoms with van der Waals surface area (Å²) >= 11 is 0. The van der Waals surface area contributed by atoms with Crippen molar-refractivity contribution in [3.8, 4) is 17.4 Å². The van der Waals surface area contributed by atoms with Crippen LogP contribution in [0.3, 0.4) is 0 Å². The summed E-state index contributed by atoms with van der Waals surface area (Å²) in [6, 6.07) is 30.9. The Hall–Kier alpha value is -4.71. The van der Waals surface area contributed by atoms with Crippen LogP contribution in [0, 0.1) is 6.92 Å². The molecule has 0 spiro atoms. The van der Waals surface area contributed by atoms with Crippen LogP contribution in [-0.2, 0) is 6.61 Å². The van der Waals surface area contributed by atoms with E-state index in [4.69, 9.17) is 14.5 Å². The molecule has 0 fully saturated rings. The van der Waals surface area contributed by atoms with Gasteiger partial charge in [0.25, 0.3) is 0 Å². The lowest BCUT2D eigenvalue weighted by molar-refractivity contribution is 0.294. The molecule has 3 heterocycles. The van der Waals surface area contributed by atoms with Crippen LogP contribution in [0.15, 0.2) is 97.3 Å². The maximum atomic E-state index is 6.48. The first-order valence-electron chi connectivity index (χ1n) is 11.9. The summed E-state index contributed by atoms with van der Waals surface area (Å²) in [7, 11) is 0. The molecule has 1 atom stereocenters. The molecule has 174 valence electrons. The van der Waals surface area contributed by atoms with E-state index in [2.05, 4.69) is 58.6 Å². The summed E-state index contributed by atoms with van der Waals surface area (Å²) in [6.45, 7) is 2.29. The number of ether oxygens (including phenoxy) is 2. The fourth-order valence-corrected chi connectivity index (χ4v) is 5.00. The predicted octanol–water partition coefficient (Wildman–Crippen LogP) is 6.45. The van der Waals surface area contributed by atoms with Crippen LogP contribution in [0.5, 0.6) is 17.4 Å². The molecule has 0 aliphatic carbocycles. The zero-order chi connectivity index (χ0) is 24.1. The Morgan fingerprint density at radius 1 is 0.889 bits per heavy atom. The molecular weight excluding hydrogens is 448 g/mol. The van der Waals surface area contributed by atoms with E-state index >= 15 is 0 Å². The van der Waals surface area contributed by atoms with E-state index < -0.39 is 0 Å². The fourth-order valence-electron chi connectivity index (χ4n) is 5.00. The van der Waals surface area contributed by atoms with Gasteiger partial charge in [0.05, 0.1) is 5.56 Å². The topological polar surface area (TPSA) is 61.5 Å². The van der Waals surface area contributed by atoms with Crippen molar-refractivity contribution >= 4 is 16.4 Å². The lowest BCUT2D eigenvalue weighted by Gasteiger charge is -2.28. The second-order valence-corrected chi connectivity index (χ2v) is 8.96. The van der Waals surface area contributed by atoms with Gasteiger partial charge in [-0.3, -0.25) is 0 Å². The van der Waals surface area contributed by atoms with Gasteiger partial charge in [-0.05, 0) is 29.5 Å². The first kappa shape index (κ1) is 20.6. The van der Waals surface area contributed by atoms with Gasteiger partial charge in [0.15, 0.2) is 11.5 Å². The number of hydrogen-bond donors (Lipinski definition) is 0. The molecule has 4 aromatic carbocycles. The lowest BCUT2D eigenvalue weighted by Crippen LogP contribution is -2.15. The highest BCUT2D eigenvalue weighted by Gasteiger charge is 2.34. The number of nitrogens with zero attached hydrogens (tertiary/aromatic N) is 4. The summed E-state index contributed by atoms with van der Waals surface area (Å²) < 4.78 is 14.2. The van der Waals surface area contributed by atoms with Crippen LogP contribution in [0.1, 0.15) is 34.0 Å². The molecule has 1 aliphatic rings. The number of para-hydroxylation sites is 1. The molecule has 0 N–H and O–H groups in total. The van der Waals surface area contributed by atoms with Crippen molar-refractivity contribution in [2.75, 3.05) is 0 Å². The largest absolute Gasteiger partial charge is 0.485 e. The van der Waals surface area contributed by atoms with Crippen molar-refractivity contribution in [2.24, 2.45) is 0 Å². The Balaban J connectivity index is 1.38. The fraction of sp³-hybridized carbons (Fsp3) is 0.100. The molecule has 6 nitrogen and oxygen atoms in total. The Kier molecular flexibility index (Phi) is 4.70. The quantitative estimate of drug-likeness (QED) is 0.296. The van der Waals surface area contributed by atoms with E-state index in [-0.39, 0.29) is 12.5 Å². The smallest absolute Gasteiger partial charge is 0.228 e. The summed E-state index contributed by atoms with van der Waals surface area (Å²) in [5, 5.41) is 6.86. The number of hydrogen-bond acceptors (Lipinski definition) is 5. The molecule has 7 rings (SSSR count). The Labute approximate surface area is 207 Å². The van der Waals surface area contributed by atoms with Crippen molar-refractivity contribution in [2.45, 2.75) is 19.4 Å². The average molecular weight is 471 g/mol. The first-order valence-corrected chi connectivity index (χ1v) is 11.9. The number of fused-ring (bicyclic) bond motifs is 6. The molecule has 0 radical (unpaired) electrons. The van der Waals surface area contributed by atoms with Gasteiger partial charge in [0.1, 0.15) is 24.4 Å². The maximum Gasteiger partial charge on any atom is 0.228 e. The van der Waals surface area contributed by atoms with Gasteiger partial charge >= 0.3 is 0 Å². The van der Waals surface area contributed by atoms with Crippen molar-refractivity contribution in [3.05, 3.63) is 125 Å². The van der Waals surface area contributed by atoms with Crippen molar-refractivity contribution in [1.29, 1.82) is 0 Å². The summed E-state index contributed by atoms with van der Waals surface area (Å²) in [4.78, 5) is 9.56. The lowest BCUT2D eigenvalue weighted by atomic mass is 9.83. The van der Waals surface area contributed by atoms with Gasteiger partial charge in [0.2, 0.25) is 5.88 Å². The Morgan fingerprint density at radius 3 is 2.58 bits per heavy atom. The van der Waals surface area contributed by atoms with Gasteiger partial charge in [0, 0.05) is 16.9 Å². The van der Waals surface area contributed by atoms with Crippen LogP contribution in [0.2, 0.25) is 0 Å². The van der Waals surface area contributed by atoms with E-state index in [1.807, 2.05) is 49.4 Å². The third kappa shape index (κ3) is 3.30. The predicted molar refractivity (Wildman–Crippen MR) is 138 cm³/mol. The molecular formula is C30H22N4O2. The van der Waals surface area contributed by atoms with Crippen LogP contribution in [-0.4, -0.2) is 19.6 Å². The van der Waals surface area contributed by atoms with Gasteiger partial charge in [-0.25, -0.2) is 14.5 Å². The summed E-state index contributed by atoms with van der Waals surface area (Å²) in [5.41, 5.74) is 4.93. The Morgan fingerprint density at radius 2 is 1.69 bits per heavy atom. The van der Waals surface area contributed by atoms with E-state index in [0.29, 0.717) is 11.7 Å². The molecule has 36 heavy (non-hydrogen) atoms.